The van der Waals surface area contributed by atoms with Crippen molar-refractivity contribution >= 4 is 11.9 Å². The van der Waals surface area contributed by atoms with Crippen LogP contribution in [-0.4, -0.2) is 37.4 Å². The lowest BCUT2D eigenvalue weighted by Gasteiger charge is -2.62. The van der Waals surface area contributed by atoms with Crippen LogP contribution in [0.25, 0.3) is 0 Å². The van der Waals surface area contributed by atoms with E-state index in [0.717, 1.165) is 29.8 Å². The van der Waals surface area contributed by atoms with E-state index in [4.69, 9.17) is 18.9 Å². The molecule has 2 aromatic carbocycles. The molecule has 4 saturated carbocycles. The van der Waals surface area contributed by atoms with Gasteiger partial charge in [-0.2, -0.15) is 0 Å². The standard InChI is InChI=1S/C36H44O6/c1-5-29(41-33(37)7-3)22-39-31-13-9-27(10-14-31)35-18-25-17-26(19-35)21-36(20-25,24-35)28-11-15-32(16-12-28)40-23-30(6-2)42-34(38)8-4/h7-16,25-26,29-30H,3-6,17-24H2,1-2H3. The summed E-state index contributed by atoms with van der Waals surface area (Å²) in [5, 5.41) is 0. The molecule has 0 heterocycles. The van der Waals surface area contributed by atoms with Gasteiger partial charge in [0.1, 0.15) is 36.9 Å². The Morgan fingerprint density at radius 1 is 0.738 bits per heavy atom. The monoisotopic (exact) mass is 572 g/mol. The van der Waals surface area contributed by atoms with Crippen LogP contribution in [-0.2, 0) is 29.9 Å². The molecule has 0 N–H and O–H groups in total. The Hall–Kier alpha value is -3.54. The Balaban J connectivity index is 1.26. The highest BCUT2D eigenvalue weighted by Crippen LogP contribution is 2.66. The molecule has 0 amide bonds. The van der Waals surface area contributed by atoms with Crippen LogP contribution >= 0.6 is 0 Å². The molecular formula is C36H44O6. The van der Waals surface area contributed by atoms with Crippen molar-refractivity contribution in [1.29, 1.82) is 0 Å². The summed E-state index contributed by atoms with van der Waals surface area (Å²) in [6.07, 6.45) is 10.7. The maximum Gasteiger partial charge on any atom is 0.330 e. The Morgan fingerprint density at radius 2 is 1.12 bits per heavy atom. The number of rotatable bonds is 14. The number of hydrogen-bond donors (Lipinski definition) is 0. The summed E-state index contributed by atoms with van der Waals surface area (Å²) in [6, 6.07) is 17.3. The average molecular weight is 573 g/mol. The smallest absolute Gasteiger partial charge is 0.330 e. The van der Waals surface area contributed by atoms with Crippen molar-refractivity contribution in [2.45, 2.75) is 88.3 Å². The molecule has 6 heteroatoms. The summed E-state index contributed by atoms with van der Waals surface area (Å²) < 4.78 is 22.7. The van der Waals surface area contributed by atoms with Crippen LogP contribution in [0.4, 0.5) is 0 Å². The van der Waals surface area contributed by atoms with Gasteiger partial charge in [0.05, 0.1) is 0 Å². The molecule has 0 radical (unpaired) electrons. The summed E-state index contributed by atoms with van der Waals surface area (Å²) in [6.45, 7) is 11.5. The van der Waals surface area contributed by atoms with Gasteiger partial charge >= 0.3 is 11.9 Å². The van der Waals surface area contributed by atoms with Crippen LogP contribution in [0.1, 0.15) is 76.3 Å². The Kier molecular flexibility index (Phi) is 9.10. The van der Waals surface area contributed by atoms with E-state index in [2.05, 4.69) is 61.7 Å². The third kappa shape index (κ3) is 6.43. The molecule has 42 heavy (non-hydrogen) atoms. The number of esters is 2. The van der Waals surface area contributed by atoms with Gasteiger partial charge in [0, 0.05) is 12.2 Å². The van der Waals surface area contributed by atoms with Crippen molar-refractivity contribution in [3.05, 3.63) is 85.0 Å². The Morgan fingerprint density at radius 3 is 1.45 bits per heavy atom. The van der Waals surface area contributed by atoms with E-state index in [1.54, 1.807) is 0 Å². The van der Waals surface area contributed by atoms with Crippen LogP contribution in [0.5, 0.6) is 11.5 Å². The number of ether oxygens (including phenoxy) is 4. The first-order chi connectivity index (χ1) is 20.3. The summed E-state index contributed by atoms with van der Waals surface area (Å²) in [4.78, 5) is 23.1. The highest BCUT2D eigenvalue weighted by Gasteiger charge is 2.58. The molecule has 0 aromatic heterocycles. The summed E-state index contributed by atoms with van der Waals surface area (Å²) >= 11 is 0. The molecule has 4 fully saturated rings. The van der Waals surface area contributed by atoms with Crippen LogP contribution in [0.2, 0.25) is 0 Å². The second-order valence-electron chi connectivity index (χ2n) is 12.5. The van der Waals surface area contributed by atoms with Crippen molar-refractivity contribution in [2.24, 2.45) is 11.8 Å². The lowest BCUT2D eigenvalue weighted by molar-refractivity contribution is -0.145. The summed E-state index contributed by atoms with van der Waals surface area (Å²) in [5.41, 5.74) is 3.20. The molecule has 2 atom stereocenters. The van der Waals surface area contributed by atoms with E-state index in [1.807, 2.05) is 13.8 Å². The minimum Gasteiger partial charge on any atom is -0.490 e. The van der Waals surface area contributed by atoms with Crippen LogP contribution < -0.4 is 9.47 Å². The number of carbonyl (C=O) groups excluding carboxylic acids is 2. The first-order valence-corrected chi connectivity index (χ1v) is 15.4. The van der Waals surface area contributed by atoms with E-state index < -0.39 is 11.9 Å². The topological polar surface area (TPSA) is 71.1 Å². The van der Waals surface area contributed by atoms with Crippen LogP contribution in [0.3, 0.4) is 0 Å². The van der Waals surface area contributed by atoms with E-state index in [1.165, 1.54) is 55.4 Å². The zero-order chi connectivity index (χ0) is 29.7. The molecule has 0 aliphatic heterocycles. The SMILES string of the molecule is C=CC(=O)OC(CC)COc1ccc(C23CC4CC(C2)CC(c2ccc(OCC(CC)OC(=O)C=C)cc2)(C4)C3)cc1. The third-order valence-corrected chi connectivity index (χ3v) is 9.68. The maximum absolute atomic E-state index is 11.6. The van der Waals surface area contributed by atoms with E-state index in [9.17, 15) is 9.59 Å². The Labute approximate surface area is 250 Å². The predicted molar refractivity (Wildman–Crippen MR) is 163 cm³/mol. The van der Waals surface area contributed by atoms with Gasteiger partial charge in [-0.1, -0.05) is 51.3 Å². The molecule has 4 aliphatic carbocycles. The van der Waals surface area contributed by atoms with Gasteiger partial charge < -0.3 is 18.9 Å². The van der Waals surface area contributed by atoms with E-state index >= 15 is 0 Å². The highest BCUT2D eigenvalue weighted by atomic mass is 16.6. The Bertz CT molecular complexity index is 1150. The second kappa shape index (κ2) is 12.8. The molecule has 4 aliphatic rings. The van der Waals surface area contributed by atoms with Gasteiger partial charge in [0.25, 0.3) is 0 Å². The maximum atomic E-state index is 11.6. The summed E-state index contributed by atoms with van der Waals surface area (Å²) in [7, 11) is 0. The molecular weight excluding hydrogens is 528 g/mol. The van der Waals surface area contributed by atoms with E-state index in [-0.39, 0.29) is 23.0 Å². The van der Waals surface area contributed by atoms with Crippen LogP contribution in [0.15, 0.2) is 73.8 Å². The molecule has 6 nitrogen and oxygen atoms in total. The van der Waals surface area contributed by atoms with Crippen molar-refractivity contribution in [3.8, 4) is 11.5 Å². The zero-order valence-corrected chi connectivity index (χ0v) is 25.0. The molecule has 2 aromatic rings. The van der Waals surface area contributed by atoms with Crippen molar-refractivity contribution in [3.63, 3.8) is 0 Å². The minimum absolute atomic E-state index is 0.187. The van der Waals surface area contributed by atoms with Gasteiger partial charge in [-0.05, 0) is 109 Å². The zero-order valence-electron chi connectivity index (χ0n) is 25.0. The molecule has 224 valence electrons. The average Bonchev–Trinajstić information content (AvgIpc) is 3.00. The number of benzene rings is 2. The molecule has 0 spiro atoms. The fourth-order valence-corrected chi connectivity index (χ4v) is 8.02. The molecule has 2 unspecified atom stereocenters. The fourth-order valence-electron chi connectivity index (χ4n) is 8.02. The lowest BCUT2D eigenvalue weighted by atomic mass is 9.42. The van der Waals surface area contributed by atoms with Gasteiger partial charge in [0.2, 0.25) is 0 Å². The first kappa shape index (κ1) is 29.9. The fraction of sp³-hybridized carbons (Fsp3) is 0.500. The molecule has 6 rings (SSSR count). The molecule has 0 saturated heterocycles. The largest absolute Gasteiger partial charge is 0.490 e. The van der Waals surface area contributed by atoms with Gasteiger partial charge in [-0.3, -0.25) is 0 Å². The van der Waals surface area contributed by atoms with Gasteiger partial charge in [0.15, 0.2) is 0 Å². The molecule has 4 bridgehead atoms. The second-order valence-corrected chi connectivity index (χ2v) is 12.5. The van der Waals surface area contributed by atoms with Crippen LogP contribution in [0, 0.1) is 11.8 Å². The highest BCUT2D eigenvalue weighted by molar-refractivity contribution is 5.81. The van der Waals surface area contributed by atoms with Gasteiger partial charge in [-0.25, -0.2) is 9.59 Å². The first-order valence-electron chi connectivity index (χ1n) is 15.4. The van der Waals surface area contributed by atoms with Crippen molar-refractivity contribution in [1.82, 2.24) is 0 Å². The third-order valence-electron chi connectivity index (χ3n) is 9.68. The quantitative estimate of drug-likeness (QED) is 0.175. The normalized spacial score (nSPS) is 27.0. The van der Waals surface area contributed by atoms with Crippen molar-refractivity contribution in [2.75, 3.05) is 13.2 Å². The lowest BCUT2D eigenvalue weighted by Crippen LogP contribution is -2.55. The van der Waals surface area contributed by atoms with E-state index in [0.29, 0.717) is 26.1 Å². The van der Waals surface area contributed by atoms with Crippen molar-refractivity contribution < 1.29 is 28.5 Å². The minimum atomic E-state index is -0.421. The predicted octanol–water partition coefficient (Wildman–Crippen LogP) is 7.25. The number of hydrogen-bond acceptors (Lipinski definition) is 6. The van der Waals surface area contributed by atoms with Gasteiger partial charge in [-0.15, -0.1) is 0 Å². The summed E-state index contributed by atoms with van der Waals surface area (Å²) in [5.74, 6) is 2.24. The number of carbonyl (C=O) groups is 2.